The van der Waals surface area contributed by atoms with E-state index in [1.165, 1.54) is 13.2 Å². The number of imidazole rings is 1. The van der Waals surface area contributed by atoms with Gasteiger partial charge in [0.2, 0.25) is 5.91 Å². The molecular formula is C30H32FN7O3. The molecule has 2 fully saturated rings. The number of methoxy groups -OCH3 is 1. The average Bonchev–Trinajstić information content (AvgIpc) is 3.68. The second kappa shape index (κ2) is 11.2. The van der Waals surface area contributed by atoms with E-state index in [1.807, 2.05) is 39.3 Å². The number of rotatable bonds is 6. The van der Waals surface area contributed by atoms with Crippen LogP contribution in [-0.4, -0.2) is 81.9 Å². The third-order valence-electron chi connectivity index (χ3n) is 7.83. The van der Waals surface area contributed by atoms with Crippen LogP contribution in [0, 0.1) is 12.7 Å². The lowest BCUT2D eigenvalue weighted by molar-refractivity contribution is -0.134. The van der Waals surface area contributed by atoms with E-state index in [0.29, 0.717) is 54.5 Å². The number of nitrogens with one attached hydrogen (secondary N) is 2. The van der Waals surface area contributed by atoms with Gasteiger partial charge in [0.25, 0.3) is 5.91 Å². The predicted octanol–water partition coefficient (Wildman–Crippen LogP) is 3.63. The highest BCUT2D eigenvalue weighted by molar-refractivity contribution is 5.96. The molecule has 212 valence electrons. The third-order valence-corrected chi connectivity index (χ3v) is 7.83. The molecule has 0 unspecified atom stereocenters. The molecule has 0 bridgehead atoms. The zero-order valence-electron chi connectivity index (χ0n) is 23.1. The minimum Gasteiger partial charge on any atom is -0.494 e. The first kappa shape index (κ1) is 26.7. The topological polar surface area (TPSA) is 104 Å². The fraction of sp³-hybridized carbons (Fsp3) is 0.333. The molecule has 41 heavy (non-hydrogen) atoms. The number of fused-ring (bicyclic) bond motifs is 1. The largest absolute Gasteiger partial charge is 0.494 e. The summed E-state index contributed by atoms with van der Waals surface area (Å²) in [7, 11) is 1.43. The van der Waals surface area contributed by atoms with Crippen molar-refractivity contribution in [1.82, 2.24) is 29.5 Å². The summed E-state index contributed by atoms with van der Waals surface area (Å²) in [5, 5.41) is 6.57. The molecule has 2 aromatic heterocycles. The van der Waals surface area contributed by atoms with E-state index >= 15 is 0 Å². The van der Waals surface area contributed by atoms with Crippen molar-refractivity contribution >= 4 is 29.0 Å². The van der Waals surface area contributed by atoms with Crippen LogP contribution in [0.2, 0.25) is 0 Å². The first-order valence-electron chi connectivity index (χ1n) is 13.8. The van der Waals surface area contributed by atoms with Crippen molar-refractivity contribution in [2.24, 2.45) is 0 Å². The maximum atomic E-state index is 14.3. The smallest absolute Gasteiger partial charge is 0.254 e. The van der Waals surface area contributed by atoms with Crippen LogP contribution in [0.3, 0.4) is 0 Å². The van der Waals surface area contributed by atoms with Crippen molar-refractivity contribution in [3.63, 3.8) is 0 Å². The van der Waals surface area contributed by atoms with Crippen LogP contribution < -0.4 is 15.4 Å². The van der Waals surface area contributed by atoms with E-state index in [0.717, 1.165) is 30.6 Å². The molecule has 2 aliphatic rings. The lowest BCUT2D eigenvalue weighted by atomic mass is 10.1. The summed E-state index contributed by atoms with van der Waals surface area (Å²) < 4.78 is 21.2. The molecule has 2 amide bonds. The van der Waals surface area contributed by atoms with Crippen molar-refractivity contribution in [3.8, 4) is 17.0 Å². The van der Waals surface area contributed by atoms with E-state index < -0.39 is 5.82 Å². The molecule has 2 N–H and O–H groups in total. The van der Waals surface area contributed by atoms with Gasteiger partial charge in [-0.3, -0.25) is 14.0 Å². The number of carbonyl (C=O) groups excluding carboxylic acids is 2. The lowest BCUT2D eigenvalue weighted by Gasteiger charge is -2.36. The summed E-state index contributed by atoms with van der Waals surface area (Å²) >= 11 is 0. The molecule has 10 nitrogen and oxygen atoms in total. The van der Waals surface area contributed by atoms with Crippen molar-refractivity contribution in [2.75, 3.05) is 45.2 Å². The molecule has 0 aliphatic carbocycles. The van der Waals surface area contributed by atoms with Gasteiger partial charge >= 0.3 is 0 Å². The van der Waals surface area contributed by atoms with Gasteiger partial charge in [-0.1, -0.05) is 0 Å². The van der Waals surface area contributed by atoms with Crippen LogP contribution >= 0.6 is 0 Å². The van der Waals surface area contributed by atoms with Gasteiger partial charge in [-0.05, 0) is 68.3 Å². The Morgan fingerprint density at radius 1 is 1.07 bits per heavy atom. The van der Waals surface area contributed by atoms with Crippen molar-refractivity contribution in [1.29, 1.82) is 0 Å². The Hall–Kier alpha value is -4.51. The summed E-state index contributed by atoms with van der Waals surface area (Å²) in [4.78, 5) is 38.7. The number of amides is 2. The number of hydrogen-bond donors (Lipinski definition) is 2. The molecule has 2 aromatic carbocycles. The minimum absolute atomic E-state index is 0.0370. The number of aromatic nitrogens is 3. The molecule has 0 spiro atoms. The van der Waals surface area contributed by atoms with Gasteiger partial charge in [-0.15, -0.1) is 0 Å². The second-order valence-corrected chi connectivity index (χ2v) is 10.4. The van der Waals surface area contributed by atoms with E-state index in [1.54, 1.807) is 30.7 Å². The van der Waals surface area contributed by atoms with Gasteiger partial charge in [-0.2, -0.15) is 0 Å². The number of halogens is 1. The number of anilines is 2. The molecule has 4 aromatic rings. The fourth-order valence-electron chi connectivity index (χ4n) is 5.58. The molecule has 2 aliphatic heterocycles. The van der Waals surface area contributed by atoms with Crippen LogP contribution in [0.5, 0.6) is 5.75 Å². The van der Waals surface area contributed by atoms with Crippen LogP contribution in [0.1, 0.15) is 28.8 Å². The number of nitrogens with zero attached hydrogens (tertiary/aromatic N) is 5. The lowest BCUT2D eigenvalue weighted by Crippen LogP contribution is -2.54. The molecule has 0 radical (unpaired) electrons. The Bertz CT molecular complexity index is 1610. The third kappa shape index (κ3) is 5.20. The number of hydrogen-bond acceptors (Lipinski definition) is 7. The zero-order chi connectivity index (χ0) is 28.5. The fourth-order valence-corrected chi connectivity index (χ4v) is 5.58. The van der Waals surface area contributed by atoms with E-state index in [4.69, 9.17) is 4.74 Å². The number of benzene rings is 2. The van der Waals surface area contributed by atoms with Gasteiger partial charge in [-0.25, -0.2) is 14.4 Å². The van der Waals surface area contributed by atoms with Gasteiger partial charge < -0.3 is 25.2 Å². The second-order valence-electron chi connectivity index (χ2n) is 10.4. The molecule has 1 atom stereocenters. The Labute approximate surface area is 237 Å². The summed E-state index contributed by atoms with van der Waals surface area (Å²) in [5.74, 6) is 0.367. The summed E-state index contributed by atoms with van der Waals surface area (Å²) in [6.07, 6.45) is 7.01. The average molecular weight is 558 g/mol. The maximum absolute atomic E-state index is 14.3. The standard InChI is InChI=1S/C30H32FN7O3/c1-19-16-21(6-7-22(19)29(39)36-12-14-37(15-13-36)30(40)24-4-3-9-32-24)35-27-28-34-18-25(38(28)11-10-33-27)20-5-8-26(41-2)23(31)17-20/h5-8,10-11,16-18,24,32H,3-4,9,12-15H2,1-2H3,(H,33,35)/t24-/m1/s1. The van der Waals surface area contributed by atoms with Gasteiger partial charge in [0.15, 0.2) is 23.0 Å². The molecule has 11 heteroatoms. The van der Waals surface area contributed by atoms with Crippen molar-refractivity contribution in [2.45, 2.75) is 25.8 Å². The SMILES string of the molecule is COc1ccc(-c2cnc3c(Nc4ccc(C(=O)N5CCN(C(=O)[C@H]6CCCN6)CC5)c(C)c4)nccn23)cc1F. The Balaban J connectivity index is 1.15. The number of aryl methyl sites for hydroxylation is 1. The molecule has 2 saturated heterocycles. The quantitative estimate of drug-likeness (QED) is 0.373. The van der Waals surface area contributed by atoms with E-state index in [-0.39, 0.29) is 23.6 Å². The Morgan fingerprint density at radius 3 is 2.59 bits per heavy atom. The van der Waals surface area contributed by atoms with Gasteiger partial charge in [0.1, 0.15) is 0 Å². The first-order valence-corrected chi connectivity index (χ1v) is 13.8. The van der Waals surface area contributed by atoms with Gasteiger partial charge in [0, 0.05) is 55.4 Å². The summed E-state index contributed by atoms with van der Waals surface area (Å²) in [5.41, 5.74) is 4.18. The first-order chi connectivity index (χ1) is 19.9. The van der Waals surface area contributed by atoms with Crippen molar-refractivity contribution in [3.05, 3.63) is 71.9 Å². The monoisotopic (exact) mass is 557 g/mol. The molecule has 4 heterocycles. The van der Waals surface area contributed by atoms with E-state index in [9.17, 15) is 14.0 Å². The Kier molecular flexibility index (Phi) is 7.27. The van der Waals surface area contributed by atoms with Crippen LogP contribution in [-0.2, 0) is 4.79 Å². The minimum atomic E-state index is -0.450. The highest BCUT2D eigenvalue weighted by Gasteiger charge is 2.31. The maximum Gasteiger partial charge on any atom is 0.254 e. The van der Waals surface area contributed by atoms with Crippen LogP contribution in [0.25, 0.3) is 16.9 Å². The molecule has 0 saturated carbocycles. The molecular weight excluding hydrogens is 525 g/mol. The number of ether oxygens (including phenoxy) is 1. The summed E-state index contributed by atoms with van der Waals surface area (Å²) in [6, 6.07) is 10.3. The number of piperazine rings is 1. The van der Waals surface area contributed by atoms with E-state index in [2.05, 4.69) is 20.6 Å². The zero-order valence-corrected chi connectivity index (χ0v) is 23.1. The Morgan fingerprint density at radius 2 is 1.88 bits per heavy atom. The van der Waals surface area contributed by atoms with Crippen LogP contribution in [0.15, 0.2) is 55.0 Å². The summed E-state index contributed by atoms with van der Waals surface area (Å²) in [6.45, 7) is 4.92. The normalized spacial score (nSPS) is 17.2. The number of carbonyl (C=O) groups is 2. The highest BCUT2D eigenvalue weighted by Crippen LogP contribution is 2.29. The highest BCUT2D eigenvalue weighted by atomic mass is 19.1. The predicted molar refractivity (Wildman–Crippen MR) is 153 cm³/mol. The van der Waals surface area contributed by atoms with Crippen LogP contribution in [0.4, 0.5) is 15.9 Å². The molecule has 6 rings (SSSR count). The van der Waals surface area contributed by atoms with Crippen molar-refractivity contribution < 1.29 is 18.7 Å². The van der Waals surface area contributed by atoms with Gasteiger partial charge in [0.05, 0.1) is 25.0 Å².